The molecule has 0 fully saturated rings. The van der Waals surface area contributed by atoms with Crippen molar-refractivity contribution in [2.24, 2.45) is 5.92 Å². The molecule has 0 saturated heterocycles. The Morgan fingerprint density at radius 3 is 2.52 bits per heavy atom. The largest absolute Gasteiger partial charge is 0.411 e. The van der Waals surface area contributed by atoms with Crippen molar-refractivity contribution >= 4 is 17.7 Å². The van der Waals surface area contributed by atoms with Crippen LogP contribution in [-0.4, -0.2) is 21.9 Å². The van der Waals surface area contributed by atoms with Crippen molar-refractivity contribution in [2.75, 3.05) is 5.75 Å². The SMILES string of the molecule is Cc1ccc(-c2nnc(SCC(=O)N[C@@H](CC(C)C)c3ccccc3)o2)cc1C. The summed E-state index contributed by atoms with van der Waals surface area (Å²) in [4.78, 5) is 12.5. The Kier molecular flexibility index (Phi) is 7.09. The lowest BCUT2D eigenvalue weighted by atomic mass is 9.97. The van der Waals surface area contributed by atoms with Crippen molar-refractivity contribution in [2.45, 2.75) is 45.4 Å². The number of carbonyl (C=O) groups excluding carboxylic acids is 1. The van der Waals surface area contributed by atoms with Gasteiger partial charge in [0.25, 0.3) is 5.22 Å². The lowest BCUT2D eigenvalue weighted by molar-refractivity contribution is -0.119. The highest BCUT2D eigenvalue weighted by atomic mass is 32.2. The quantitative estimate of drug-likeness (QED) is 0.508. The molecule has 0 spiro atoms. The maximum atomic E-state index is 12.5. The maximum absolute atomic E-state index is 12.5. The van der Waals surface area contributed by atoms with E-state index in [-0.39, 0.29) is 17.7 Å². The number of benzene rings is 2. The Bertz CT molecular complexity index is 954. The molecule has 29 heavy (non-hydrogen) atoms. The molecule has 3 aromatic rings. The van der Waals surface area contributed by atoms with Gasteiger partial charge in [0.1, 0.15) is 0 Å². The summed E-state index contributed by atoms with van der Waals surface area (Å²) in [6, 6.07) is 16.1. The highest BCUT2D eigenvalue weighted by Crippen LogP contribution is 2.25. The number of amides is 1. The molecule has 1 aromatic heterocycles. The first kappa shape index (κ1) is 21.1. The Hall–Kier alpha value is -2.60. The molecule has 0 unspecified atom stereocenters. The Morgan fingerprint density at radius 1 is 1.07 bits per heavy atom. The summed E-state index contributed by atoms with van der Waals surface area (Å²) < 4.78 is 5.73. The van der Waals surface area contributed by atoms with E-state index in [1.54, 1.807) is 0 Å². The highest BCUT2D eigenvalue weighted by Gasteiger charge is 2.17. The molecule has 0 saturated carbocycles. The van der Waals surface area contributed by atoms with E-state index in [0.717, 1.165) is 17.5 Å². The van der Waals surface area contributed by atoms with Gasteiger partial charge in [-0.3, -0.25) is 4.79 Å². The molecule has 0 aliphatic carbocycles. The van der Waals surface area contributed by atoms with Crippen LogP contribution in [0.25, 0.3) is 11.5 Å². The fraction of sp³-hybridized carbons (Fsp3) is 0.348. The molecule has 1 heterocycles. The van der Waals surface area contributed by atoms with Gasteiger partial charge in [-0.25, -0.2) is 0 Å². The average Bonchev–Trinajstić information content (AvgIpc) is 3.17. The second-order valence-electron chi connectivity index (χ2n) is 7.62. The summed E-state index contributed by atoms with van der Waals surface area (Å²) in [5, 5.41) is 11.7. The molecule has 1 amide bonds. The fourth-order valence-corrected chi connectivity index (χ4v) is 3.63. The molecule has 5 nitrogen and oxygen atoms in total. The van der Waals surface area contributed by atoms with E-state index < -0.39 is 0 Å². The number of hydrogen-bond acceptors (Lipinski definition) is 5. The first-order valence-corrected chi connectivity index (χ1v) is 10.8. The molecule has 6 heteroatoms. The number of thioether (sulfide) groups is 1. The van der Waals surface area contributed by atoms with Crippen LogP contribution >= 0.6 is 11.8 Å². The number of nitrogens with one attached hydrogen (secondary N) is 1. The zero-order valence-electron chi connectivity index (χ0n) is 17.3. The van der Waals surface area contributed by atoms with E-state index >= 15 is 0 Å². The minimum Gasteiger partial charge on any atom is -0.411 e. The summed E-state index contributed by atoms with van der Waals surface area (Å²) in [5.41, 5.74) is 4.40. The maximum Gasteiger partial charge on any atom is 0.277 e. The zero-order chi connectivity index (χ0) is 20.8. The van der Waals surface area contributed by atoms with Crippen molar-refractivity contribution < 1.29 is 9.21 Å². The smallest absolute Gasteiger partial charge is 0.277 e. The molecule has 0 radical (unpaired) electrons. The van der Waals surface area contributed by atoms with E-state index in [4.69, 9.17) is 4.42 Å². The van der Waals surface area contributed by atoms with Crippen LogP contribution in [0.2, 0.25) is 0 Å². The second-order valence-corrected chi connectivity index (χ2v) is 8.55. The minimum atomic E-state index is -0.0459. The fourth-order valence-electron chi connectivity index (χ4n) is 3.06. The summed E-state index contributed by atoms with van der Waals surface area (Å²) in [6.45, 7) is 8.43. The van der Waals surface area contributed by atoms with Crippen molar-refractivity contribution in [1.82, 2.24) is 15.5 Å². The standard InChI is InChI=1S/C23H27N3O2S/c1-15(2)12-20(18-8-6-5-7-9-18)24-21(27)14-29-23-26-25-22(28-23)19-11-10-16(3)17(4)13-19/h5-11,13,15,20H,12,14H2,1-4H3,(H,24,27)/t20-/m0/s1. The Labute approximate surface area is 176 Å². The summed E-state index contributed by atoms with van der Waals surface area (Å²) in [6.07, 6.45) is 0.887. The van der Waals surface area contributed by atoms with Gasteiger partial charge in [0.15, 0.2) is 0 Å². The second kappa shape index (κ2) is 9.74. The van der Waals surface area contributed by atoms with E-state index in [1.165, 1.54) is 22.9 Å². The predicted octanol–water partition coefficient (Wildman–Crippen LogP) is 5.35. The molecular weight excluding hydrogens is 382 g/mol. The van der Waals surface area contributed by atoms with Crippen LogP contribution in [0, 0.1) is 19.8 Å². The van der Waals surface area contributed by atoms with Crippen molar-refractivity contribution in [3.8, 4) is 11.5 Å². The number of nitrogens with zero attached hydrogens (tertiary/aromatic N) is 2. The molecule has 1 N–H and O–H groups in total. The lowest BCUT2D eigenvalue weighted by Gasteiger charge is -2.21. The van der Waals surface area contributed by atoms with Gasteiger partial charge in [-0.05, 0) is 55.0 Å². The van der Waals surface area contributed by atoms with Gasteiger partial charge in [-0.1, -0.05) is 62.0 Å². The molecule has 2 aromatic carbocycles. The Balaban J connectivity index is 1.60. The van der Waals surface area contributed by atoms with Crippen LogP contribution in [0.3, 0.4) is 0 Å². The van der Waals surface area contributed by atoms with E-state index in [9.17, 15) is 4.79 Å². The van der Waals surface area contributed by atoms with Crippen molar-refractivity contribution in [3.05, 3.63) is 65.2 Å². The first-order chi connectivity index (χ1) is 13.9. The molecule has 3 rings (SSSR count). The topological polar surface area (TPSA) is 68.0 Å². The van der Waals surface area contributed by atoms with E-state index in [1.807, 2.05) is 48.5 Å². The van der Waals surface area contributed by atoms with Gasteiger partial charge in [-0.2, -0.15) is 0 Å². The first-order valence-electron chi connectivity index (χ1n) is 9.80. The molecule has 0 aliphatic heterocycles. The summed E-state index contributed by atoms with van der Waals surface area (Å²) >= 11 is 1.26. The van der Waals surface area contributed by atoms with E-state index in [2.05, 4.69) is 43.2 Å². The van der Waals surface area contributed by atoms with Gasteiger partial charge in [0, 0.05) is 5.56 Å². The number of aromatic nitrogens is 2. The van der Waals surface area contributed by atoms with Gasteiger partial charge in [0.2, 0.25) is 11.8 Å². The van der Waals surface area contributed by atoms with E-state index in [0.29, 0.717) is 17.0 Å². The van der Waals surface area contributed by atoms with Crippen LogP contribution in [-0.2, 0) is 4.79 Å². The molecular formula is C23H27N3O2S. The van der Waals surface area contributed by atoms with Gasteiger partial charge in [0.05, 0.1) is 11.8 Å². The third-order valence-electron chi connectivity index (χ3n) is 4.73. The van der Waals surface area contributed by atoms with Crippen LogP contribution in [0.15, 0.2) is 58.2 Å². The summed E-state index contributed by atoms with van der Waals surface area (Å²) in [7, 11) is 0. The minimum absolute atomic E-state index is 0.00178. The number of carbonyl (C=O) groups is 1. The number of rotatable bonds is 8. The van der Waals surface area contributed by atoms with Gasteiger partial charge >= 0.3 is 0 Å². The monoisotopic (exact) mass is 409 g/mol. The Morgan fingerprint density at radius 2 is 1.83 bits per heavy atom. The van der Waals surface area contributed by atoms with Crippen LogP contribution in [0.5, 0.6) is 0 Å². The van der Waals surface area contributed by atoms with Crippen molar-refractivity contribution in [1.29, 1.82) is 0 Å². The zero-order valence-corrected chi connectivity index (χ0v) is 18.1. The molecule has 1 atom stereocenters. The average molecular weight is 410 g/mol. The van der Waals surface area contributed by atoms with Crippen LogP contribution in [0.1, 0.15) is 43.0 Å². The van der Waals surface area contributed by atoms with Crippen molar-refractivity contribution in [3.63, 3.8) is 0 Å². The summed E-state index contributed by atoms with van der Waals surface area (Å²) in [5.74, 6) is 1.13. The lowest BCUT2D eigenvalue weighted by Crippen LogP contribution is -2.30. The van der Waals surface area contributed by atoms with Crippen LogP contribution < -0.4 is 5.32 Å². The van der Waals surface area contributed by atoms with Gasteiger partial charge < -0.3 is 9.73 Å². The highest BCUT2D eigenvalue weighted by molar-refractivity contribution is 7.99. The molecule has 152 valence electrons. The normalized spacial score (nSPS) is 12.2. The number of aryl methyl sites for hydroxylation is 2. The predicted molar refractivity (Wildman–Crippen MR) is 117 cm³/mol. The molecule has 0 bridgehead atoms. The number of hydrogen-bond donors (Lipinski definition) is 1. The van der Waals surface area contributed by atoms with Gasteiger partial charge in [-0.15, -0.1) is 10.2 Å². The third-order valence-corrected chi connectivity index (χ3v) is 5.55. The molecule has 0 aliphatic rings. The third kappa shape index (κ3) is 5.94. The van der Waals surface area contributed by atoms with Crippen LogP contribution in [0.4, 0.5) is 0 Å².